The SMILES string of the molecule is COc1ccc(C2=N[C@H](c3ccccc3)[C@@H](c3ccccc3)O2)cc1CCl. The second-order valence-corrected chi connectivity index (χ2v) is 6.67. The zero-order valence-electron chi connectivity index (χ0n) is 15.0. The molecule has 0 fully saturated rings. The molecule has 4 rings (SSSR count). The average Bonchev–Trinajstić information content (AvgIpc) is 3.20. The van der Waals surface area contributed by atoms with Gasteiger partial charge in [-0.2, -0.15) is 0 Å². The van der Waals surface area contributed by atoms with E-state index < -0.39 is 0 Å². The molecule has 0 aromatic heterocycles. The van der Waals surface area contributed by atoms with Gasteiger partial charge in [-0.3, -0.25) is 0 Å². The van der Waals surface area contributed by atoms with E-state index in [2.05, 4.69) is 24.3 Å². The fraction of sp³-hybridized carbons (Fsp3) is 0.174. The number of nitrogens with zero attached hydrogens (tertiary/aromatic N) is 1. The van der Waals surface area contributed by atoms with Crippen LogP contribution in [-0.4, -0.2) is 13.0 Å². The molecule has 136 valence electrons. The summed E-state index contributed by atoms with van der Waals surface area (Å²) >= 11 is 6.08. The van der Waals surface area contributed by atoms with Crippen molar-refractivity contribution >= 4 is 17.5 Å². The monoisotopic (exact) mass is 377 g/mol. The van der Waals surface area contributed by atoms with Gasteiger partial charge < -0.3 is 9.47 Å². The Balaban J connectivity index is 1.74. The molecule has 4 heteroatoms. The van der Waals surface area contributed by atoms with Crippen LogP contribution in [0.2, 0.25) is 0 Å². The molecule has 0 aliphatic carbocycles. The smallest absolute Gasteiger partial charge is 0.217 e. The van der Waals surface area contributed by atoms with E-state index in [-0.39, 0.29) is 12.1 Å². The van der Waals surface area contributed by atoms with Gasteiger partial charge in [-0.15, -0.1) is 11.6 Å². The number of hydrogen-bond donors (Lipinski definition) is 0. The lowest BCUT2D eigenvalue weighted by Crippen LogP contribution is -2.09. The molecule has 1 aliphatic rings. The van der Waals surface area contributed by atoms with E-state index in [1.54, 1.807) is 7.11 Å². The van der Waals surface area contributed by atoms with Crippen LogP contribution in [0.15, 0.2) is 83.9 Å². The fourth-order valence-electron chi connectivity index (χ4n) is 3.36. The Morgan fingerprint density at radius 1 is 0.926 bits per heavy atom. The van der Waals surface area contributed by atoms with Crippen LogP contribution in [-0.2, 0) is 10.6 Å². The van der Waals surface area contributed by atoms with Crippen LogP contribution in [0.25, 0.3) is 0 Å². The van der Waals surface area contributed by atoms with Crippen LogP contribution < -0.4 is 4.74 Å². The fourth-order valence-corrected chi connectivity index (χ4v) is 3.57. The third-order valence-corrected chi connectivity index (χ3v) is 5.01. The van der Waals surface area contributed by atoms with Crippen LogP contribution in [0, 0.1) is 0 Å². The first-order valence-corrected chi connectivity index (χ1v) is 9.41. The molecule has 0 saturated heterocycles. The summed E-state index contributed by atoms with van der Waals surface area (Å²) in [6.07, 6.45) is -0.162. The molecule has 0 bridgehead atoms. The largest absolute Gasteiger partial charge is 0.496 e. The second-order valence-electron chi connectivity index (χ2n) is 6.40. The molecular weight excluding hydrogens is 358 g/mol. The minimum atomic E-state index is -0.162. The van der Waals surface area contributed by atoms with Gasteiger partial charge in [0.1, 0.15) is 11.8 Å². The van der Waals surface area contributed by atoms with E-state index >= 15 is 0 Å². The summed E-state index contributed by atoms with van der Waals surface area (Å²) < 4.78 is 11.7. The Bertz CT molecular complexity index is 941. The third-order valence-electron chi connectivity index (χ3n) is 4.72. The van der Waals surface area contributed by atoms with Crippen molar-refractivity contribution in [3.63, 3.8) is 0 Å². The van der Waals surface area contributed by atoms with Gasteiger partial charge in [-0.05, 0) is 29.3 Å². The molecule has 3 aromatic rings. The Morgan fingerprint density at radius 3 is 2.22 bits per heavy atom. The maximum absolute atomic E-state index is 6.34. The molecule has 0 amide bonds. The number of hydrogen-bond acceptors (Lipinski definition) is 3. The molecule has 0 radical (unpaired) electrons. The molecule has 0 saturated carbocycles. The lowest BCUT2D eigenvalue weighted by Gasteiger charge is -2.18. The van der Waals surface area contributed by atoms with Crippen LogP contribution in [0.1, 0.15) is 34.4 Å². The highest BCUT2D eigenvalue weighted by atomic mass is 35.5. The number of rotatable bonds is 5. The Labute approximate surface area is 164 Å². The van der Waals surface area contributed by atoms with Crippen LogP contribution in [0.3, 0.4) is 0 Å². The molecule has 3 aromatic carbocycles. The van der Waals surface area contributed by atoms with Gasteiger partial charge in [-0.1, -0.05) is 60.7 Å². The number of benzene rings is 3. The minimum Gasteiger partial charge on any atom is -0.496 e. The Hall–Kier alpha value is -2.78. The number of methoxy groups -OCH3 is 1. The molecule has 27 heavy (non-hydrogen) atoms. The molecule has 3 nitrogen and oxygen atoms in total. The number of halogens is 1. The van der Waals surface area contributed by atoms with Crippen molar-refractivity contribution in [1.82, 2.24) is 0 Å². The van der Waals surface area contributed by atoms with Gasteiger partial charge >= 0.3 is 0 Å². The minimum absolute atomic E-state index is 0.0925. The van der Waals surface area contributed by atoms with Gasteiger partial charge in [-0.25, -0.2) is 4.99 Å². The summed E-state index contributed by atoms with van der Waals surface area (Å²) in [6, 6.07) is 26.2. The quantitative estimate of drug-likeness (QED) is 0.534. The van der Waals surface area contributed by atoms with E-state index in [9.17, 15) is 0 Å². The van der Waals surface area contributed by atoms with Gasteiger partial charge in [0.2, 0.25) is 5.90 Å². The summed E-state index contributed by atoms with van der Waals surface area (Å²) in [7, 11) is 1.64. The van der Waals surface area contributed by atoms with E-state index in [1.807, 2.05) is 54.6 Å². The first-order chi connectivity index (χ1) is 13.3. The summed E-state index contributed by atoms with van der Waals surface area (Å²) in [6.45, 7) is 0. The van der Waals surface area contributed by atoms with Crippen LogP contribution in [0.4, 0.5) is 0 Å². The maximum atomic E-state index is 6.34. The standard InChI is InChI=1S/C23H20ClNO2/c1-26-20-13-12-18(14-19(20)15-24)23-25-21(16-8-4-2-5-9-16)22(27-23)17-10-6-3-7-11-17/h2-14,21-22H,15H2,1H3/t21-,22-/m1/s1. The van der Waals surface area contributed by atoms with E-state index in [0.717, 1.165) is 28.0 Å². The summed E-state index contributed by atoms with van der Waals surface area (Å²) in [4.78, 5) is 4.93. The lowest BCUT2D eigenvalue weighted by molar-refractivity contribution is 0.197. The van der Waals surface area contributed by atoms with Gasteiger partial charge in [0.05, 0.1) is 13.0 Å². The highest BCUT2D eigenvalue weighted by Crippen LogP contribution is 2.41. The predicted octanol–water partition coefficient (Wildman–Crippen LogP) is 5.69. The van der Waals surface area contributed by atoms with Crippen molar-refractivity contribution in [3.05, 3.63) is 101 Å². The molecule has 1 heterocycles. The van der Waals surface area contributed by atoms with E-state index in [4.69, 9.17) is 26.1 Å². The van der Waals surface area contributed by atoms with E-state index in [1.165, 1.54) is 0 Å². The highest BCUT2D eigenvalue weighted by molar-refractivity contribution is 6.17. The van der Waals surface area contributed by atoms with Gasteiger partial charge in [0.15, 0.2) is 6.10 Å². The topological polar surface area (TPSA) is 30.8 Å². The molecular formula is C23H20ClNO2. The van der Waals surface area contributed by atoms with Crippen molar-refractivity contribution < 1.29 is 9.47 Å². The third kappa shape index (κ3) is 3.56. The lowest BCUT2D eigenvalue weighted by atomic mass is 9.97. The second kappa shape index (κ2) is 7.85. The molecule has 0 N–H and O–H groups in total. The van der Waals surface area contributed by atoms with Crippen molar-refractivity contribution in [2.45, 2.75) is 18.0 Å². The summed E-state index contributed by atoms with van der Waals surface area (Å²) in [5.74, 6) is 1.77. The predicted molar refractivity (Wildman–Crippen MR) is 109 cm³/mol. The molecule has 2 atom stereocenters. The first-order valence-electron chi connectivity index (χ1n) is 8.87. The van der Waals surface area contributed by atoms with Crippen molar-refractivity contribution in [2.75, 3.05) is 7.11 Å². The zero-order chi connectivity index (χ0) is 18.6. The van der Waals surface area contributed by atoms with Crippen molar-refractivity contribution in [1.29, 1.82) is 0 Å². The maximum Gasteiger partial charge on any atom is 0.217 e. The van der Waals surface area contributed by atoms with Crippen LogP contribution >= 0.6 is 11.6 Å². The molecule has 1 aliphatic heterocycles. The molecule has 0 spiro atoms. The van der Waals surface area contributed by atoms with Crippen molar-refractivity contribution in [3.8, 4) is 5.75 Å². The van der Waals surface area contributed by atoms with Gasteiger partial charge in [0.25, 0.3) is 0 Å². The zero-order valence-corrected chi connectivity index (χ0v) is 15.8. The van der Waals surface area contributed by atoms with Crippen molar-refractivity contribution in [2.24, 2.45) is 4.99 Å². The highest BCUT2D eigenvalue weighted by Gasteiger charge is 2.34. The Morgan fingerprint density at radius 2 is 1.59 bits per heavy atom. The van der Waals surface area contributed by atoms with Crippen LogP contribution in [0.5, 0.6) is 5.75 Å². The normalized spacial score (nSPS) is 18.7. The number of ether oxygens (including phenoxy) is 2. The summed E-state index contributed by atoms with van der Waals surface area (Å²) in [5.41, 5.74) is 4.07. The van der Waals surface area contributed by atoms with Gasteiger partial charge in [0, 0.05) is 11.1 Å². The summed E-state index contributed by atoms with van der Waals surface area (Å²) in [5, 5.41) is 0. The molecule has 0 unspecified atom stereocenters. The number of alkyl halides is 1. The number of aliphatic imine (C=N–C) groups is 1. The average molecular weight is 378 g/mol. The Kier molecular flexibility index (Phi) is 5.12. The first kappa shape index (κ1) is 17.6. The van der Waals surface area contributed by atoms with E-state index in [0.29, 0.717) is 11.8 Å².